The molecule has 1 fully saturated rings. The molecule has 4 nitrogen and oxygen atoms in total. The number of halogens is 1. The summed E-state index contributed by atoms with van der Waals surface area (Å²) in [6.07, 6.45) is 2.20. The Morgan fingerprint density at radius 3 is 2.80 bits per heavy atom. The summed E-state index contributed by atoms with van der Waals surface area (Å²) >= 11 is 6.19. The van der Waals surface area contributed by atoms with E-state index in [4.69, 9.17) is 22.1 Å². The van der Waals surface area contributed by atoms with Crippen LogP contribution in [0.25, 0.3) is 0 Å². The van der Waals surface area contributed by atoms with Gasteiger partial charge in [0, 0.05) is 22.7 Å². The van der Waals surface area contributed by atoms with Gasteiger partial charge >= 0.3 is 0 Å². The third-order valence-corrected chi connectivity index (χ3v) is 3.55. The van der Waals surface area contributed by atoms with Crippen LogP contribution in [0, 0.1) is 0 Å². The highest BCUT2D eigenvalue weighted by Gasteiger charge is 2.26. The fourth-order valence-corrected chi connectivity index (χ4v) is 2.20. The SMILES string of the molecule is CC(N)Cc1c(Cl)cccc1OC(C)C(=O)NC1CC1. The highest BCUT2D eigenvalue weighted by atomic mass is 35.5. The lowest BCUT2D eigenvalue weighted by Crippen LogP contribution is -2.37. The highest BCUT2D eigenvalue weighted by molar-refractivity contribution is 6.31. The molecule has 20 heavy (non-hydrogen) atoms. The largest absolute Gasteiger partial charge is 0.481 e. The minimum atomic E-state index is -0.541. The Kier molecular flexibility index (Phi) is 4.89. The molecule has 0 aromatic heterocycles. The molecule has 1 aliphatic rings. The Hall–Kier alpha value is -1.26. The number of rotatable bonds is 6. The Morgan fingerprint density at radius 2 is 2.20 bits per heavy atom. The maximum atomic E-state index is 11.9. The van der Waals surface area contributed by atoms with Crippen LogP contribution in [-0.4, -0.2) is 24.1 Å². The van der Waals surface area contributed by atoms with E-state index >= 15 is 0 Å². The van der Waals surface area contributed by atoms with Crippen molar-refractivity contribution in [2.45, 2.75) is 51.3 Å². The average Bonchev–Trinajstić information content (AvgIpc) is 3.17. The van der Waals surface area contributed by atoms with Crippen LogP contribution in [0.4, 0.5) is 0 Å². The number of nitrogens with one attached hydrogen (secondary N) is 1. The van der Waals surface area contributed by atoms with Crippen LogP contribution in [0.1, 0.15) is 32.3 Å². The summed E-state index contributed by atoms with van der Waals surface area (Å²) in [6.45, 7) is 3.66. The molecule has 0 bridgehead atoms. The molecule has 1 saturated carbocycles. The molecule has 0 spiro atoms. The second kappa shape index (κ2) is 6.46. The van der Waals surface area contributed by atoms with Crippen molar-refractivity contribution in [3.05, 3.63) is 28.8 Å². The molecule has 1 aromatic rings. The molecule has 2 unspecified atom stereocenters. The van der Waals surface area contributed by atoms with E-state index < -0.39 is 6.10 Å². The lowest BCUT2D eigenvalue weighted by molar-refractivity contribution is -0.127. The summed E-state index contributed by atoms with van der Waals surface area (Å²) in [6, 6.07) is 5.75. The molecular formula is C15H21ClN2O2. The quantitative estimate of drug-likeness (QED) is 0.846. The minimum Gasteiger partial charge on any atom is -0.481 e. The third kappa shape index (κ3) is 4.12. The van der Waals surface area contributed by atoms with E-state index in [9.17, 15) is 4.79 Å². The molecule has 5 heteroatoms. The van der Waals surface area contributed by atoms with Crippen molar-refractivity contribution in [3.63, 3.8) is 0 Å². The number of hydrogen-bond acceptors (Lipinski definition) is 3. The van der Waals surface area contributed by atoms with Crippen LogP contribution in [0.15, 0.2) is 18.2 Å². The first kappa shape index (κ1) is 15.1. The molecule has 0 radical (unpaired) electrons. The summed E-state index contributed by atoms with van der Waals surface area (Å²) in [4.78, 5) is 11.9. The Bertz CT molecular complexity index is 487. The van der Waals surface area contributed by atoms with Crippen molar-refractivity contribution in [1.82, 2.24) is 5.32 Å². The van der Waals surface area contributed by atoms with Crippen molar-refractivity contribution >= 4 is 17.5 Å². The molecule has 2 atom stereocenters. The summed E-state index contributed by atoms with van der Waals surface area (Å²) in [5.41, 5.74) is 6.69. The highest BCUT2D eigenvalue weighted by Crippen LogP contribution is 2.28. The lowest BCUT2D eigenvalue weighted by atomic mass is 10.1. The van der Waals surface area contributed by atoms with Crippen LogP contribution in [0.5, 0.6) is 5.75 Å². The lowest BCUT2D eigenvalue weighted by Gasteiger charge is -2.18. The zero-order valence-corrected chi connectivity index (χ0v) is 12.6. The van der Waals surface area contributed by atoms with Gasteiger partial charge in [0.1, 0.15) is 5.75 Å². The average molecular weight is 297 g/mol. The molecular weight excluding hydrogens is 276 g/mol. The minimum absolute atomic E-state index is 0.0205. The number of nitrogens with two attached hydrogens (primary N) is 1. The summed E-state index contributed by atoms with van der Waals surface area (Å²) in [5, 5.41) is 3.55. The molecule has 0 aliphatic heterocycles. The fourth-order valence-electron chi connectivity index (χ4n) is 1.96. The predicted molar refractivity (Wildman–Crippen MR) is 80.1 cm³/mol. The first-order valence-electron chi connectivity index (χ1n) is 6.97. The van der Waals surface area contributed by atoms with Crippen LogP contribution < -0.4 is 15.8 Å². The van der Waals surface area contributed by atoms with Gasteiger partial charge in [0.2, 0.25) is 0 Å². The fraction of sp³-hybridized carbons (Fsp3) is 0.533. The number of hydrogen-bond donors (Lipinski definition) is 2. The summed E-state index contributed by atoms with van der Waals surface area (Å²) in [7, 11) is 0. The van der Waals surface area contributed by atoms with Gasteiger partial charge in [0.15, 0.2) is 6.10 Å². The van der Waals surface area contributed by atoms with Gasteiger partial charge in [-0.05, 0) is 45.2 Å². The van der Waals surface area contributed by atoms with Gasteiger partial charge in [-0.25, -0.2) is 0 Å². The molecule has 0 heterocycles. The van der Waals surface area contributed by atoms with Crippen molar-refractivity contribution in [1.29, 1.82) is 0 Å². The first-order chi connectivity index (χ1) is 9.47. The molecule has 1 aromatic carbocycles. The standard InChI is InChI=1S/C15H21ClN2O2/c1-9(17)8-12-13(16)4-3-5-14(12)20-10(2)15(19)18-11-6-7-11/h3-5,9-11H,6-8,17H2,1-2H3,(H,18,19). The van der Waals surface area contributed by atoms with Crippen LogP contribution >= 0.6 is 11.6 Å². The zero-order chi connectivity index (χ0) is 14.7. The molecule has 1 amide bonds. The van der Waals surface area contributed by atoms with Gasteiger partial charge in [-0.1, -0.05) is 17.7 Å². The number of carbonyl (C=O) groups is 1. The van der Waals surface area contributed by atoms with Crippen LogP contribution in [0.2, 0.25) is 5.02 Å². The Balaban J connectivity index is 2.07. The number of carbonyl (C=O) groups excluding carboxylic acids is 1. The normalized spacial score (nSPS) is 17.4. The van der Waals surface area contributed by atoms with Gasteiger partial charge in [-0.2, -0.15) is 0 Å². The van der Waals surface area contributed by atoms with E-state index in [0.717, 1.165) is 18.4 Å². The third-order valence-electron chi connectivity index (χ3n) is 3.20. The van der Waals surface area contributed by atoms with E-state index in [2.05, 4.69) is 5.32 Å². The second-order valence-corrected chi connectivity index (χ2v) is 5.85. The maximum absolute atomic E-state index is 11.9. The molecule has 110 valence electrons. The van der Waals surface area contributed by atoms with E-state index in [1.165, 1.54) is 0 Å². The second-order valence-electron chi connectivity index (χ2n) is 5.44. The van der Waals surface area contributed by atoms with E-state index in [0.29, 0.717) is 23.2 Å². The van der Waals surface area contributed by atoms with Crippen molar-refractivity contribution < 1.29 is 9.53 Å². The van der Waals surface area contributed by atoms with Crippen molar-refractivity contribution in [2.24, 2.45) is 5.73 Å². The smallest absolute Gasteiger partial charge is 0.260 e. The van der Waals surface area contributed by atoms with E-state index in [-0.39, 0.29) is 11.9 Å². The first-order valence-corrected chi connectivity index (χ1v) is 7.35. The van der Waals surface area contributed by atoms with Gasteiger partial charge in [0.25, 0.3) is 5.91 Å². The van der Waals surface area contributed by atoms with Crippen LogP contribution in [-0.2, 0) is 11.2 Å². The Labute approximate surface area is 124 Å². The molecule has 0 saturated heterocycles. The molecule has 2 rings (SSSR count). The van der Waals surface area contributed by atoms with Gasteiger partial charge < -0.3 is 15.8 Å². The number of benzene rings is 1. The molecule has 3 N–H and O–H groups in total. The van der Waals surface area contributed by atoms with Crippen LogP contribution in [0.3, 0.4) is 0 Å². The van der Waals surface area contributed by atoms with Gasteiger partial charge in [0.05, 0.1) is 0 Å². The zero-order valence-electron chi connectivity index (χ0n) is 11.9. The predicted octanol–water partition coefficient (Wildman–Crippen LogP) is 2.28. The van der Waals surface area contributed by atoms with Gasteiger partial charge in [-0.3, -0.25) is 4.79 Å². The Morgan fingerprint density at radius 1 is 1.50 bits per heavy atom. The number of ether oxygens (including phenoxy) is 1. The number of amides is 1. The maximum Gasteiger partial charge on any atom is 0.260 e. The monoisotopic (exact) mass is 296 g/mol. The molecule has 1 aliphatic carbocycles. The summed E-state index contributed by atoms with van der Waals surface area (Å²) < 4.78 is 5.77. The van der Waals surface area contributed by atoms with E-state index in [1.807, 2.05) is 19.1 Å². The van der Waals surface area contributed by atoms with Gasteiger partial charge in [-0.15, -0.1) is 0 Å². The van der Waals surface area contributed by atoms with Crippen molar-refractivity contribution in [3.8, 4) is 5.75 Å². The summed E-state index contributed by atoms with van der Waals surface area (Å²) in [5.74, 6) is 0.549. The topological polar surface area (TPSA) is 64.3 Å². The van der Waals surface area contributed by atoms with Crippen molar-refractivity contribution in [2.75, 3.05) is 0 Å². The van der Waals surface area contributed by atoms with E-state index in [1.54, 1.807) is 13.0 Å².